The van der Waals surface area contributed by atoms with Crippen molar-refractivity contribution in [2.75, 3.05) is 0 Å². The maximum atomic E-state index is 12.0. The highest BCUT2D eigenvalue weighted by Gasteiger charge is 2.28. The Morgan fingerprint density at radius 2 is 2.17 bits per heavy atom. The van der Waals surface area contributed by atoms with Crippen molar-refractivity contribution in [3.8, 4) is 0 Å². The van der Waals surface area contributed by atoms with Crippen molar-refractivity contribution in [3.05, 3.63) is 15.9 Å². The van der Waals surface area contributed by atoms with Crippen molar-refractivity contribution in [3.63, 3.8) is 0 Å². The second-order valence-corrected chi connectivity index (χ2v) is 7.88. The largest absolute Gasteiger partial charge is 0.480 e. The number of rotatable bonds is 6. The van der Waals surface area contributed by atoms with Gasteiger partial charge in [0, 0.05) is 4.47 Å². The minimum atomic E-state index is -3.80. The molecule has 0 spiro atoms. The third-order valence-corrected chi connectivity index (χ3v) is 6.27. The van der Waals surface area contributed by atoms with E-state index in [1.807, 2.05) is 13.8 Å². The van der Waals surface area contributed by atoms with Crippen LogP contribution in [0.5, 0.6) is 0 Å². The van der Waals surface area contributed by atoms with E-state index in [1.54, 1.807) is 11.4 Å². The number of hydrogen-bond donors (Lipinski definition) is 2. The Bertz CT molecular complexity index is 524. The first-order valence-electron chi connectivity index (χ1n) is 5.22. The highest BCUT2D eigenvalue weighted by molar-refractivity contribution is 9.10. The van der Waals surface area contributed by atoms with E-state index in [0.717, 1.165) is 11.3 Å². The van der Waals surface area contributed by atoms with E-state index < -0.39 is 22.0 Å². The lowest BCUT2D eigenvalue weighted by molar-refractivity contribution is -0.139. The van der Waals surface area contributed by atoms with Gasteiger partial charge in [0.2, 0.25) is 0 Å². The monoisotopic (exact) mass is 355 g/mol. The minimum Gasteiger partial charge on any atom is -0.480 e. The average Bonchev–Trinajstić information content (AvgIpc) is 2.62. The highest BCUT2D eigenvalue weighted by atomic mass is 79.9. The molecule has 0 bridgehead atoms. The summed E-state index contributed by atoms with van der Waals surface area (Å²) in [4.78, 5) is 11.0. The SMILES string of the molecule is CC(C)CC(NS(=O)(=O)c1sccc1Br)C(=O)O. The molecule has 0 radical (unpaired) electrons. The van der Waals surface area contributed by atoms with Crippen LogP contribution in [0.25, 0.3) is 0 Å². The quantitative estimate of drug-likeness (QED) is 0.819. The van der Waals surface area contributed by atoms with Crippen molar-refractivity contribution in [2.24, 2.45) is 5.92 Å². The van der Waals surface area contributed by atoms with Gasteiger partial charge in [-0.1, -0.05) is 13.8 Å². The number of halogens is 1. The lowest BCUT2D eigenvalue weighted by atomic mass is 10.1. The van der Waals surface area contributed by atoms with Crippen LogP contribution in [0.2, 0.25) is 0 Å². The zero-order chi connectivity index (χ0) is 13.9. The summed E-state index contributed by atoms with van der Waals surface area (Å²) in [7, 11) is -3.80. The molecule has 1 aromatic heterocycles. The van der Waals surface area contributed by atoms with Gasteiger partial charge in [0.05, 0.1) is 0 Å². The minimum absolute atomic E-state index is 0.0839. The number of hydrogen-bond acceptors (Lipinski definition) is 4. The van der Waals surface area contributed by atoms with Gasteiger partial charge >= 0.3 is 5.97 Å². The molecular weight excluding hydrogens is 342 g/mol. The highest BCUT2D eigenvalue weighted by Crippen LogP contribution is 2.27. The Labute approximate surface area is 118 Å². The van der Waals surface area contributed by atoms with Crippen LogP contribution in [0, 0.1) is 5.92 Å². The molecule has 1 atom stereocenters. The maximum absolute atomic E-state index is 12.0. The molecule has 0 fully saturated rings. The van der Waals surface area contributed by atoms with Gasteiger partial charge in [0.25, 0.3) is 10.0 Å². The molecule has 18 heavy (non-hydrogen) atoms. The van der Waals surface area contributed by atoms with Crippen molar-refractivity contribution >= 4 is 43.3 Å². The second kappa shape index (κ2) is 6.14. The predicted octanol–water partition coefficient (Wildman–Crippen LogP) is 2.29. The van der Waals surface area contributed by atoms with Gasteiger partial charge in [-0.25, -0.2) is 8.42 Å². The van der Waals surface area contributed by atoms with E-state index >= 15 is 0 Å². The molecule has 0 aromatic carbocycles. The van der Waals surface area contributed by atoms with E-state index in [9.17, 15) is 13.2 Å². The number of sulfonamides is 1. The summed E-state index contributed by atoms with van der Waals surface area (Å²) in [6, 6.07) is 0.501. The topological polar surface area (TPSA) is 83.5 Å². The fourth-order valence-electron chi connectivity index (χ4n) is 1.38. The average molecular weight is 356 g/mol. The van der Waals surface area contributed by atoms with Crippen molar-refractivity contribution in [1.82, 2.24) is 4.72 Å². The fraction of sp³-hybridized carbons (Fsp3) is 0.500. The van der Waals surface area contributed by atoms with Gasteiger partial charge in [-0.3, -0.25) is 4.79 Å². The van der Waals surface area contributed by atoms with Crippen molar-refractivity contribution in [2.45, 2.75) is 30.5 Å². The molecule has 8 heteroatoms. The zero-order valence-corrected chi connectivity index (χ0v) is 13.1. The number of aliphatic carboxylic acids is 1. The molecule has 102 valence electrons. The summed E-state index contributed by atoms with van der Waals surface area (Å²) in [5.74, 6) is -1.08. The van der Waals surface area contributed by atoms with E-state index in [0.29, 0.717) is 4.47 Å². The van der Waals surface area contributed by atoms with Crippen LogP contribution in [0.3, 0.4) is 0 Å². The van der Waals surface area contributed by atoms with Crippen LogP contribution in [-0.2, 0) is 14.8 Å². The first-order chi connectivity index (χ1) is 8.24. The standard InChI is InChI=1S/C10H14BrNO4S2/c1-6(2)5-8(9(13)14)12-18(15,16)10-7(11)3-4-17-10/h3-4,6,8,12H,5H2,1-2H3,(H,13,14). The van der Waals surface area contributed by atoms with E-state index in [2.05, 4.69) is 20.7 Å². The molecule has 0 aliphatic carbocycles. The summed E-state index contributed by atoms with van der Waals surface area (Å²) in [6.07, 6.45) is 0.248. The third kappa shape index (κ3) is 4.04. The maximum Gasteiger partial charge on any atom is 0.321 e. The van der Waals surface area contributed by atoms with E-state index in [4.69, 9.17) is 5.11 Å². The van der Waals surface area contributed by atoms with Gasteiger partial charge in [-0.15, -0.1) is 11.3 Å². The van der Waals surface area contributed by atoms with Gasteiger partial charge in [-0.2, -0.15) is 4.72 Å². The second-order valence-electron chi connectivity index (χ2n) is 4.20. The summed E-state index contributed by atoms with van der Waals surface area (Å²) in [6.45, 7) is 3.68. The van der Waals surface area contributed by atoms with Gasteiger partial charge in [0.1, 0.15) is 10.3 Å². The van der Waals surface area contributed by atoms with Crippen molar-refractivity contribution < 1.29 is 18.3 Å². The normalized spacial score (nSPS) is 13.8. The van der Waals surface area contributed by atoms with Crippen LogP contribution < -0.4 is 4.72 Å². The first kappa shape index (κ1) is 15.6. The molecule has 1 aromatic rings. The molecule has 1 heterocycles. The summed E-state index contributed by atoms with van der Waals surface area (Å²) in [5.41, 5.74) is 0. The number of thiophene rings is 1. The summed E-state index contributed by atoms with van der Waals surface area (Å²) in [5, 5.41) is 10.6. The Balaban J connectivity index is 2.94. The van der Waals surface area contributed by atoms with Gasteiger partial charge in [-0.05, 0) is 39.7 Å². The molecule has 1 unspecified atom stereocenters. The van der Waals surface area contributed by atoms with Crippen LogP contribution in [0.4, 0.5) is 0 Å². The molecule has 0 saturated heterocycles. The molecule has 5 nitrogen and oxygen atoms in total. The van der Waals surface area contributed by atoms with Crippen LogP contribution >= 0.6 is 27.3 Å². The number of carbonyl (C=O) groups is 1. The smallest absolute Gasteiger partial charge is 0.321 e. The Morgan fingerprint density at radius 1 is 1.56 bits per heavy atom. The number of nitrogens with one attached hydrogen (secondary N) is 1. The van der Waals surface area contributed by atoms with Gasteiger partial charge in [0.15, 0.2) is 0 Å². The van der Waals surface area contributed by atoms with Crippen LogP contribution in [0.15, 0.2) is 20.1 Å². The molecular formula is C10H14BrNO4S2. The molecule has 0 aliphatic rings. The Morgan fingerprint density at radius 3 is 2.56 bits per heavy atom. The van der Waals surface area contributed by atoms with Crippen LogP contribution in [0.1, 0.15) is 20.3 Å². The number of carboxylic acids is 1. The lowest BCUT2D eigenvalue weighted by Gasteiger charge is -2.16. The third-order valence-electron chi connectivity index (χ3n) is 2.13. The number of carboxylic acid groups (broad SMARTS) is 1. The molecule has 2 N–H and O–H groups in total. The van der Waals surface area contributed by atoms with Gasteiger partial charge < -0.3 is 5.11 Å². The zero-order valence-electron chi connectivity index (χ0n) is 9.88. The molecule has 0 aliphatic heterocycles. The lowest BCUT2D eigenvalue weighted by Crippen LogP contribution is -2.41. The Hall–Kier alpha value is -0.440. The van der Waals surface area contributed by atoms with E-state index in [1.165, 1.54) is 0 Å². The fourth-order valence-corrected chi connectivity index (χ4v) is 4.94. The summed E-state index contributed by atoms with van der Waals surface area (Å²) >= 11 is 4.16. The molecule has 0 amide bonds. The Kier molecular flexibility index (Phi) is 5.32. The van der Waals surface area contributed by atoms with Crippen molar-refractivity contribution in [1.29, 1.82) is 0 Å². The van der Waals surface area contributed by atoms with Crippen LogP contribution in [-0.4, -0.2) is 25.5 Å². The predicted molar refractivity (Wildman–Crippen MR) is 73.2 cm³/mol. The summed E-state index contributed by atoms with van der Waals surface area (Å²) < 4.78 is 26.8. The molecule has 0 saturated carbocycles. The van der Waals surface area contributed by atoms with E-state index in [-0.39, 0.29) is 16.5 Å². The first-order valence-corrected chi connectivity index (χ1v) is 8.37. The molecule has 1 rings (SSSR count).